The van der Waals surface area contributed by atoms with Crippen LogP contribution in [0.5, 0.6) is 5.75 Å². The van der Waals surface area contributed by atoms with Gasteiger partial charge in [-0.05, 0) is 83.0 Å². The number of hydrogen-bond donors (Lipinski definition) is 1. The lowest BCUT2D eigenvalue weighted by Crippen LogP contribution is -2.53. The van der Waals surface area contributed by atoms with E-state index in [1.165, 1.54) is 22.8 Å². The second-order valence-electron chi connectivity index (χ2n) is 11.7. The van der Waals surface area contributed by atoms with Crippen LogP contribution in [-0.4, -0.2) is 57.1 Å². The number of nitrogens with zero attached hydrogens (tertiary/aromatic N) is 4. The van der Waals surface area contributed by atoms with E-state index in [1.807, 2.05) is 37.1 Å². The summed E-state index contributed by atoms with van der Waals surface area (Å²) in [6, 6.07) is 10.7. The van der Waals surface area contributed by atoms with Gasteiger partial charge in [0, 0.05) is 47.3 Å². The van der Waals surface area contributed by atoms with Gasteiger partial charge in [-0.25, -0.2) is 9.37 Å². The summed E-state index contributed by atoms with van der Waals surface area (Å²) in [6.45, 7) is 8.74. The van der Waals surface area contributed by atoms with Gasteiger partial charge in [0.2, 0.25) is 0 Å². The zero-order chi connectivity index (χ0) is 31.8. The van der Waals surface area contributed by atoms with Crippen molar-refractivity contribution in [3.8, 4) is 33.3 Å². The number of rotatable bonds is 8. The van der Waals surface area contributed by atoms with Crippen LogP contribution in [0.1, 0.15) is 68.5 Å². The summed E-state index contributed by atoms with van der Waals surface area (Å²) in [4.78, 5) is 39.9. The number of hydrogen-bond acceptors (Lipinski definition) is 7. The summed E-state index contributed by atoms with van der Waals surface area (Å²) >= 11 is 7.79. The number of pyridine rings is 2. The molecule has 6 rings (SSSR count). The van der Waals surface area contributed by atoms with E-state index in [1.54, 1.807) is 42.6 Å². The van der Waals surface area contributed by atoms with Crippen molar-refractivity contribution < 1.29 is 13.9 Å². The Morgan fingerprint density at radius 3 is 2.60 bits per heavy atom. The van der Waals surface area contributed by atoms with Crippen molar-refractivity contribution in [3.63, 3.8) is 0 Å². The van der Waals surface area contributed by atoms with Gasteiger partial charge in [0.15, 0.2) is 0 Å². The molecular weight excluding hydrogens is 613 g/mol. The number of likely N-dealkylation sites (tertiary alicyclic amines) is 1. The van der Waals surface area contributed by atoms with E-state index in [0.717, 1.165) is 18.4 Å². The number of alkyl halides is 1. The number of thiazole rings is 1. The van der Waals surface area contributed by atoms with E-state index >= 15 is 0 Å². The highest BCUT2D eigenvalue weighted by atomic mass is 35.5. The Morgan fingerprint density at radius 1 is 1.20 bits per heavy atom. The number of carbonyl (C=O) groups excluding carboxylic acids is 1. The van der Waals surface area contributed by atoms with E-state index < -0.39 is 6.17 Å². The van der Waals surface area contributed by atoms with E-state index in [0.29, 0.717) is 69.4 Å². The van der Waals surface area contributed by atoms with Crippen LogP contribution in [0.25, 0.3) is 33.6 Å². The van der Waals surface area contributed by atoms with Crippen molar-refractivity contribution in [1.82, 2.24) is 24.8 Å². The maximum Gasteiger partial charge on any atom is 0.266 e. The summed E-state index contributed by atoms with van der Waals surface area (Å²) in [5.74, 6) is 0.323. The normalized spacial score (nSPS) is 18.1. The molecule has 1 aromatic carbocycles. The molecule has 2 bridgehead atoms. The fourth-order valence-corrected chi connectivity index (χ4v) is 7.01. The molecule has 45 heavy (non-hydrogen) atoms. The lowest BCUT2D eigenvalue weighted by Gasteiger charge is -2.33. The summed E-state index contributed by atoms with van der Waals surface area (Å²) in [7, 11) is 0. The number of aromatic nitrogens is 3. The number of amides is 1. The Bertz CT molecular complexity index is 1820. The molecule has 2 fully saturated rings. The van der Waals surface area contributed by atoms with Crippen LogP contribution >= 0.6 is 22.9 Å². The molecule has 2 aliphatic heterocycles. The molecule has 8 nitrogen and oxygen atoms in total. The maximum atomic E-state index is 14.6. The van der Waals surface area contributed by atoms with Crippen molar-refractivity contribution in [2.75, 3.05) is 19.7 Å². The van der Waals surface area contributed by atoms with Crippen LogP contribution < -0.4 is 15.6 Å². The zero-order valence-electron chi connectivity index (χ0n) is 25.6. The molecule has 1 unspecified atom stereocenters. The zero-order valence-corrected chi connectivity index (χ0v) is 27.2. The highest BCUT2D eigenvalue weighted by Crippen LogP contribution is 2.34. The minimum Gasteiger partial charge on any atom is -0.492 e. The molecular formula is C34H35ClFN5O3S. The largest absolute Gasteiger partial charge is 0.492 e. The van der Waals surface area contributed by atoms with Gasteiger partial charge in [0.05, 0.1) is 40.5 Å². The molecule has 234 valence electrons. The first-order valence-electron chi connectivity index (χ1n) is 15.1. The SMILES string of the molecule is CCOc1ccc(Cl)cc1-n1c(C=C(C)C)c(C(=O)N2C[C@H]3CC[C@@H](C2)N3)cc(-c2nc(-c3ccc(C(C)F)nc3)cs2)c1=O. The smallest absolute Gasteiger partial charge is 0.266 e. The minimum absolute atomic E-state index is 0.146. The van der Waals surface area contributed by atoms with Crippen LogP contribution in [0, 0.1) is 0 Å². The van der Waals surface area contributed by atoms with Crippen molar-refractivity contribution in [1.29, 1.82) is 0 Å². The molecule has 2 saturated heterocycles. The number of allylic oxidation sites excluding steroid dienone is 1. The highest BCUT2D eigenvalue weighted by molar-refractivity contribution is 7.13. The van der Waals surface area contributed by atoms with Crippen molar-refractivity contribution in [3.05, 3.63) is 85.9 Å². The van der Waals surface area contributed by atoms with Gasteiger partial charge in [-0.2, -0.15) is 0 Å². The number of benzene rings is 1. The average molecular weight is 648 g/mol. The van der Waals surface area contributed by atoms with E-state index in [9.17, 15) is 14.0 Å². The van der Waals surface area contributed by atoms with Gasteiger partial charge < -0.3 is 15.0 Å². The van der Waals surface area contributed by atoms with Crippen molar-refractivity contribution >= 4 is 34.9 Å². The molecule has 0 saturated carbocycles. The first-order valence-corrected chi connectivity index (χ1v) is 16.4. The van der Waals surface area contributed by atoms with Crippen molar-refractivity contribution in [2.45, 2.75) is 58.8 Å². The molecule has 1 N–H and O–H groups in total. The lowest BCUT2D eigenvalue weighted by atomic mass is 10.0. The molecule has 0 spiro atoms. The molecule has 0 aliphatic carbocycles. The number of ether oxygens (including phenoxy) is 1. The molecule has 1 amide bonds. The summed E-state index contributed by atoms with van der Waals surface area (Å²) in [6.07, 6.45) is 4.31. The van der Waals surface area contributed by atoms with Crippen LogP contribution in [0.15, 0.2) is 58.3 Å². The van der Waals surface area contributed by atoms with E-state index in [4.69, 9.17) is 21.3 Å². The predicted octanol–water partition coefficient (Wildman–Crippen LogP) is 7.11. The molecule has 3 atom stereocenters. The third-order valence-corrected chi connectivity index (χ3v) is 9.20. The number of piperazine rings is 1. The van der Waals surface area contributed by atoms with Gasteiger partial charge in [-0.1, -0.05) is 17.2 Å². The lowest BCUT2D eigenvalue weighted by molar-refractivity contribution is 0.0696. The summed E-state index contributed by atoms with van der Waals surface area (Å²) < 4.78 is 21.2. The van der Waals surface area contributed by atoms with Gasteiger partial charge in [0.1, 0.15) is 16.9 Å². The van der Waals surface area contributed by atoms with Gasteiger partial charge >= 0.3 is 0 Å². The van der Waals surface area contributed by atoms with Crippen LogP contribution in [0.2, 0.25) is 5.02 Å². The quantitative estimate of drug-likeness (QED) is 0.219. The predicted molar refractivity (Wildman–Crippen MR) is 177 cm³/mol. The Labute approximate surface area is 270 Å². The monoisotopic (exact) mass is 647 g/mol. The number of halogens is 2. The second-order valence-corrected chi connectivity index (χ2v) is 13.0. The standard InChI is InChI=1S/C34H35ClFN5O3S/c1-5-44-31-11-7-22(35)13-30(31)41-29(12-19(2)3)25(33(42)40-16-23-8-9-24(17-40)38-23)14-26(34(41)43)32-39-28(18-45-32)21-6-10-27(20(4)36)37-15-21/h6-7,10-15,18,20,23-24,38H,5,8-9,16-17H2,1-4H3/t20?,23-,24+. The second kappa shape index (κ2) is 12.9. The Balaban J connectivity index is 1.57. The van der Waals surface area contributed by atoms with Crippen molar-refractivity contribution in [2.24, 2.45) is 0 Å². The van der Waals surface area contributed by atoms with E-state index in [-0.39, 0.29) is 29.1 Å². The van der Waals surface area contributed by atoms with E-state index in [2.05, 4.69) is 10.3 Å². The molecule has 3 aromatic heterocycles. The maximum absolute atomic E-state index is 14.6. The minimum atomic E-state index is -1.18. The molecule has 2 aliphatic rings. The van der Waals surface area contributed by atoms with Crippen LogP contribution in [-0.2, 0) is 0 Å². The third kappa shape index (κ3) is 6.32. The van der Waals surface area contributed by atoms with Gasteiger partial charge in [-0.3, -0.25) is 19.1 Å². The summed E-state index contributed by atoms with van der Waals surface area (Å²) in [5, 5.41) is 6.29. The van der Waals surface area contributed by atoms with Crippen LogP contribution in [0.3, 0.4) is 0 Å². The first kappa shape index (κ1) is 31.1. The fraction of sp³-hybridized carbons (Fsp3) is 0.353. The summed E-state index contributed by atoms with van der Waals surface area (Å²) in [5.41, 5.74) is 3.77. The molecule has 4 aromatic rings. The van der Waals surface area contributed by atoms with Gasteiger partial charge in [-0.15, -0.1) is 11.3 Å². The molecule has 0 radical (unpaired) electrons. The molecule has 5 heterocycles. The van der Waals surface area contributed by atoms with Crippen LogP contribution in [0.4, 0.5) is 4.39 Å². The highest BCUT2D eigenvalue weighted by Gasteiger charge is 2.36. The topological polar surface area (TPSA) is 89.3 Å². The fourth-order valence-electron chi connectivity index (χ4n) is 6.01. The number of fused-ring (bicyclic) bond motifs is 2. The number of carbonyl (C=O) groups is 1. The third-order valence-electron chi connectivity index (χ3n) is 8.08. The molecule has 11 heteroatoms. The Morgan fingerprint density at radius 2 is 1.96 bits per heavy atom. The Hall–Kier alpha value is -3.86. The first-order chi connectivity index (χ1) is 21.6. The Kier molecular flexibility index (Phi) is 8.90. The number of nitrogens with one attached hydrogen (secondary N) is 1. The average Bonchev–Trinajstić information content (AvgIpc) is 3.64. The van der Waals surface area contributed by atoms with Gasteiger partial charge in [0.25, 0.3) is 11.5 Å².